The Kier molecular flexibility index (Phi) is 3.95. The quantitative estimate of drug-likeness (QED) is 0.221. The van der Waals surface area contributed by atoms with E-state index in [0.717, 1.165) is 67.0 Å². The first-order valence-corrected chi connectivity index (χ1v) is 13.8. The lowest BCUT2D eigenvalue weighted by Gasteiger charge is -2.32. The molecule has 5 aromatic carbocycles. The monoisotopic (exact) mass is 526 g/mol. The molecule has 0 unspecified atom stereocenters. The number of hydrogen-bond donors (Lipinski definition) is 0. The maximum atomic E-state index is 6.66. The molecule has 0 fully saturated rings. The molecule has 0 spiro atoms. The first-order valence-electron chi connectivity index (χ1n) is 13.8. The van der Waals surface area contributed by atoms with E-state index in [9.17, 15) is 0 Å². The van der Waals surface area contributed by atoms with E-state index in [1.54, 1.807) is 0 Å². The van der Waals surface area contributed by atoms with E-state index >= 15 is 0 Å². The number of furan rings is 1. The summed E-state index contributed by atoms with van der Waals surface area (Å²) in [5.74, 6) is 4.05. The van der Waals surface area contributed by atoms with Gasteiger partial charge in [-0.15, -0.1) is 0 Å². The predicted octanol–water partition coefficient (Wildman–Crippen LogP) is 6.81. The van der Waals surface area contributed by atoms with Gasteiger partial charge >= 0.3 is 0 Å². The third-order valence-electron chi connectivity index (χ3n) is 8.56. The van der Waals surface area contributed by atoms with Crippen molar-refractivity contribution in [3.63, 3.8) is 0 Å². The average molecular weight is 526 g/mol. The molecule has 2 aliphatic heterocycles. The maximum Gasteiger partial charge on any atom is 0.260 e. The minimum Gasteiger partial charge on any atom is -0.458 e. The van der Waals surface area contributed by atoms with Crippen LogP contribution in [-0.2, 0) is 0 Å². The van der Waals surface area contributed by atoms with Gasteiger partial charge in [0.25, 0.3) is 6.71 Å². The van der Waals surface area contributed by atoms with Gasteiger partial charge in [0.1, 0.15) is 34.4 Å². The highest BCUT2D eigenvalue weighted by atomic mass is 16.5. The third-order valence-corrected chi connectivity index (χ3v) is 8.56. The number of benzene rings is 5. The average Bonchev–Trinajstić information content (AvgIpc) is 3.56. The van der Waals surface area contributed by atoms with Crippen molar-refractivity contribution in [3.8, 4) is 28.8 Å². The van der Waals surface area contributed by atoms with Gasteiger partial charge in [-0.25, -0.2) is 0 Å². The Morgan fingerprint density at radius 1 is 0.585 bits per heavy atom. The van der Waals surface area contributed by atoms with Crippen LogP contribution in [0.2, 0.25) is 0 Å². The molecule has 0 amide bonds. The first kappa shape index (κ1) is 21.4. The van der Waals surface area contributed by atoms with Crippen LogP contribution in [-0.4, -0.2) is 16.3 Å². The molecule has 41 heavy (non-hydrogen) atoms. The van der Waals surface area contributed by atoms with Gasteiger partial charge in [-0.1, -0.05) is 72.8 Å². The summed E-state index contributed by atoms with van der Waals surface area (Å²) in [7, 11) is 0. The van der Waals surface area contributed by atoms with Crippen LogP contribution in [0.3, 0.4) is 0 Å². The third kappa shape index (κ3) is 2.73. The molecule has 0 atom stereocenters. The number of fused-ring (bicyclic) bond motifs is 11. The number of pyridine rings is 1. The highest BCUT2D eigenvalue weighted by molar-refractivity contribution is 6.98. The fourth-order valence-electron chi connectivity index (χ4n) is 6.85. The largest absolute Gasteiger partial charge is 0.458 e. The zero-order valence-electron chi connectivity index (χ0n) is 21.7. The molecule has 3 aromatic heterocycles. The molecule has 0 aliphatic carbocycles. The summed E-state index contributed by atoms with van der Waals surface area (Å²) < 4.78 is 21.8. The molecule has 0 N–H and O–H groups in total. The summed E-state index contributed by atoms with van der Waals surface area (Å²) in [6.07, 6.45) is 0. The molecule has 190 valence electrons. The van der Waals surface area contributed by atoms with Crippen LogP contribution in [0.15, 0.2) is 120 Å². The topological polar surface area (TPSA) is 49.4 Å². The summed E-state index contributed by atoms with van der Waals surface area (Å²) in [5, 5.41) is 4.23. The van der Waals surface area contributed by atoms with E-state index in [0.29, 0.717) is 11.3 Å². The van der Waals surface area contributed by atoms with Crippen molar-refractivity contribution in [2.75, 3.05) is 0 Å². The van der Waals surface area contributed by atoms with E-state index in [1.165, 1.54) is 10.8 Å². The zero-order chi connectivity index (χ0) is 26.7. The normalized spacial score (nSPS) is 13.2. The van der Waals surface area contributed by atoms with Crippen LogP contribution in [0.5, 0.6) is 23.0 Å². The summed E-state index contributed by atoms with van der Waals surface area (Å²) in [5.41, 5.74) is 6.77. The van der Waals surface area contributed by atoms with Crippen molar-refractivity contribution in [1.82, 2.24) is 9.55 Å². The molecule has 5 heterocycles. The second-order valence-electron chi connectivity index (χ2n) is 10.7. The van der Waals surface area contributed by atoms with Crippen LogP contribution in [0, 0.1) is 0 Å². The molecule has 0 radical (unpaired) electrons. The number of ether oxygens (including phenoxy) is 2. The summed E-state index contributed by atoms with van der Waals surface area (Å²) in [6, 6.07) is 39.6. The van der Waals surface area contributed by atoms with Crippen molar-refractivity contribution in [3.05, 3.63) is 115 Å². The molecule has 0 saturated heterocycles. The Morgan fingerprint density at radius 2 is 1.22 bits per heavy atom. The smallest absolute Gasteiger partial charge is 0.260 e. The lowest BCUT2D eigenvalue weighted by molar-refractivity contribution is 0.467. The van der Waals surface area contributed by atoms with Gasteiger partial charge in [-0.05, 0) is 47.3 Å². The van der Waals surface area contributed by atoms with E-state index < -0.39 is 0 Å². The highest BCUT2D eigenvalue weighted by Crippen LogP contribution is 2.43. The summed E-state index contributed by atoms with van der Waals surface area (Å²) in [6.45, 7) is 0.00841. The number of nitrogens with zero attached hydrogens (tertiary/aromatic N) is 2. The fourth-order valence-corrected chi connectivity index (χ4v) is 6.85. The second kappa shape index (κ2) is 7.58. The molecular weight excluding hydrogens is 507 g/mol. The van der Waals surface area contributed by atoms with E-state index in [2.05, 4.69) is 89.5 Å². The first-order chi connectivity index (χ1) is 20.3. The molecule has 8 aromatic rings. The van der Waals surface area contributed by atoms with E-state index in [-0.39, 0.29) is 6.71 Å². The van der Waals surface area contributed by atoms with Gasteiger partial charge in [0.05, 0.1) is 21.8 Å². The fraction of sp³-hybridized carbons (Fsp3) is 0. The van der Waals surface area contributed by atoms with Crippen molar-refractivity contribution < 1.29 is 13.9 Å². The molecule has 6 heteroatoms. The van der Waals surface area contributed by atoms with Crippen LogP contribution in [0.4, 0.5) is 0 Å². The van der Waals surface area contributed by atoms with Gasteiger partial charge in [0, 0.05) is 22.3 Å². The predicted molar refractivity (Wildman–Crippen MR) is 164 cm³/mol. The van der Waals surface area contributed by atoms with Gasteiger partial charge < -0.3 is 13.9 Å². The Bertz CT molecular complexity index is 2340. The van der Waals surface area contributed by atoms with Gasteiger partial charge in [-0.3, -0.25) is 4.57 Å². The van der Waals surface area contributed by atoms with Gasteiger partial charge in [0.15, 0.2) is 0 Å². The van der Waals surface area contributed by atoms with Gasteiger partial charge in [0.2, 0.25) is 5.71 Å². The van der Waals surface area contributed by atoms with Crippen LogP contribution in [0.25, 0.3) is 49.7 Å². The molecule has 0 saturated carbocycles. The van der Waals surface area contributed by atoms with Crippen molar-refractivity contribution in [2.45, 2.75) is 0 Å². The maximum absolute atomic E-state index is 6.66. The molecule has 2 aliphatic rings. The lowest BCUT2D eigenvalue weighted by atomic mass is 9.35. The number of aromatic nitrogens is 2. The molecular formula is C35H19BN2O3. The standard InChI is InChI=1S/C35H19BN2O3/c1-5-13-25-20(9-1)21-10-2-6-14-26(21)38(25)31-18-17-22-32-29(41-35(22)37-31)19-30-33-34(32)40-28-16-8-4-12-24(28)36(33)23-11-3-7-15-27(23)39-30/h1-19H. The molecule has 0 bridgehead atoms. The van der Waals surface area contributed by atoms with Crippen LogP contribution >= 0.6 is 0 Å². The zero-order valence-corrected chi connectivity index (χ0v) is 21.7. The summed E-state index contributed by atoms with van der Waals surface area (Å²) in [4.78, 5) is 5.08. The van der Waals surface area contributed by atoms with Crippen LogP contribution in [0.1, 0.15) is 0 Å². The Balaban J connectivity index is 1.26. The lowest BCUT2D eigenvalue weighted by Crippen LogP contribution is -2.57. The Labute approximate surface area is 234 Å². The SMILES string of the molecule is c1ccc2c(c1)Oc1cc3oc4nc(-n5c6ccccc6c6ccccc65)ccc4c3c3c1B2c1ccccc1O3. The minimum absolute atomic E-state index is 0.00841. The van der Waals surface area contributed by atoms with E-state index in [4.69, 9.17) is 18.9 Å². The van der Waals surface area contributed by atoms with Crippen molar-refractivity contribution in [1.29, 1.82) is 0 Å². The molecule has 5 nitrogen and oxygen atoms in total. The van der Waals surface area contributed by atoms with Crippen molar-refractivity contribution in [2.24, 2.45) is 0 Å². The minimum atomic E-state index is 0.00841. The Hall–Kier alpha value is -5.49. The van der Waals surface area contributed by atoms with Crippen LogP contribution < -0.4 is 25.9 Å². The number of rotatable bonds is 1. The van der Waals surface area contributed by atoms with Crippen molar-refractivity contribution >= 4 is 67.0 Å². The summed E-state index contributed by atoms with van der Waals surface area (Å²) >= 11 is 0. The number of para-hydroxylation sites is 4. The van der Waals surface area contributed by atoms with Gasteiger partial charge in [-0.2, -0.15) is 4.98 Å². The Morgan fingerprint density at radius 3 is 1.95 bits per heavy atom. The number of hydrogen-bond acceptors (Lipinski definition) is 4. The highest BCUT2D eigenvalue weighted by Gasteiger charge is 2.41. The molecule has 10 rings (SSSR count). The second-order valence-corrected chi connectivity index (χ2v) is 10.7. The van der Waals surface area contributed by atoms with E-state index in [1.807, 2.05) is 30.3 Å².